The highest BCUT2D eigenvalue weighted by molar-refractivity contribution is 7.10. The number of nitriles is 1. The third kappa shape index (κ3) is 3.23. The standard InChI is InChI=1S/C19H13N3O2S/c20-9-14(10-21-15-6-7-17-18(8-15)24-12-23-17)19-22-16(11-25-19)13-4-2-1-3-5-13/h1-8,10-11,14H,12H2. The molecule has 2 aromatic carbocycles. The van der Waals surface area contributed by atoms with Gasteiger partial charge in [-0.2, -0.15) is 5.26 Å². The summed E-state index contributed by atoms with van der Waals surface area (Å²) in [6.45, 7) is 0.227. The average molecular weight is 347 g/mol. The van der Waals surface area contributed by atoms with Crippen molar-refractivity contribution in [3.63, 3.8) is 0 Å². The number of nitrogens with zero attached hydrogens (tertiary/aromatic N) is 3. The van der Waals surface area contributed by atoms with Crippen LogP contribution in [0.5, 0.6) is 11.5 Å². The largest absolute Gasteiger partial charge is 0.454 e. The number of hydrogen-bond donors (Lipinski definition) is 0. The van der Waals surface area contributed by atoms with Crippen LogP contribution in [0, 0.1) is 11.3 Å². The van der Waals surface area contributed by atoms with E-state index in [-0.39, 0.29) is 6.79 Å². The van der Waals surface area contributed by atoms with Gasteiger partial charge in [0.05, 0.1) is 17.5 Å². The maximum absolute atomic E-state index is 9.47. The first-order valence-corrected chi connectivity index (χ1v) is 8.56. The molecule has 4 rings (SSSR count). The summed E-state index contributed by atoms with van der Waals surface area (Å²) in [4.78, 5) is 8.98. The number of benzene rings is 2. The molecule has 3 aromatic rings. The molecule has 0 saturated heterocycles. The molecule has 25 heavy (non-hydrogen) atoms. The molecule has 0 fully saturated rings. The molecular formula is C19H13N3O2S. The zero-order chi connectivity index (χ0) is 17.1. The van der Waals surface area contributed by atoms with E-state index >= 15 is 0 Å². The number of ether oxygens (including phenoxy) is 2. The van der Waals surface area contributed by atoms with Crippen molar-refractivity contribution in [2.24, 2.45) is 4.99 Å². The maximum atomic E-state index is 9.47. The monoisotopic (exact) mass is 347 g/mol. The van der Waals surface area contributed by atoms with Crippen molar-refractivity contribution in [3.05, 3.63) is 58.9 Å². The van der Waals surface area contributed by atoms with Crippen LogP contribution in [-0.2, 0) is 0 Å². The predicted octanol–water partition coefficient (Wildman–Crippen LogP) is 4.55. The van der Waals surface area contributed by atoms with Gasteiger partial charge >= 0.3 is 0 Å². The first kappa shape index (κ1) is 15.4. The highest BCUT2D eigenvalue weighted by atomic mass is 32.1. The first-order valence-electron chi connectivity index (χ1n) is 7.68. The Morgan fingerprint density at radius 2 is 2.00 bits per heavy atom. The highest BCUT2D eigenvalue weighted by Gasteiger charge is 2.15. The van der Waals surface area contributed by atoms with Crippen molar-refractivity contribution in [1.82, 2.24) is 4.98 Å². The second-order valence-corrected chi connectivity index (χ2v) is 6.25. The fourth-order valence-electron chi connectivity index (χ4n) is 2.45. The molecule has 2 heterocycles. The Kier molecular flexibility index (Phi) is 4.15. The van der Waals surface area contributed by atoms with Crippen molar-refractivity contribution in [3.8, 4) is 28.8 Å². The number of fused-ring (bicyclic) bond motifs is 1. The minimum absolute atomic E-state index is 0.227. The minimum atomic E-state index is -0.493. The summed E-state index contributed by atoms with van der Waals surface area (Å²) in [5.41, 5.74) is 2.62. The summed E-state index contributed by atoms with van der Waals surface area (Å²) in [6, 6.07) is 17.6. The van der Waals surface area contributed by atoms with Crippen LogP contribution >= 0.6 is 11.3 Å². The van der Waals surface area contributed by atoms with Crippen LogP contribution < -0.4 is 9.47 Å². The number of rotatable bonds is 4. The van der Waals surface area contributed by atoms with Gasteiger partial charge in [-0.15, -0.1) is 11.3 Å². The summed E-state index contributed by atoms with van der Waals surface area (Å²) in [5, 5.41) is 12.2. The Hall–Kier alpha value is -3.17. The second-order valence-electron chi connectivity index (χ2n) is 5.36. The van der Waals surface area contributed by atoms with Crippen LogP contribution in [0.3, 0.4) is 0 Å². The smallest absolute Gasteiger partial charge is 0.231 e. The summed E-state index contributed by atoms with van der Waals surface area (Å²) in [7, 11) is 0. The molecule has 0 amide bonds. The van der Waals surface area contributed by atoms with Gasteiger partial charge in [-0.1, -0.05) is 30.3 Å². The van der Waals surface area contributed by atoms with E-state index < -0.39 is 5.92 Å². The van der Waals surface area contributed by atoms with Crippen LogP contribution in [0.25, 0.3) is 11.3 Å². The summed E-state index contributed by atoms with van der Waals surface area (Å²) in [6.07, 6.45) is 1.62. The van der Waals surface area contributed by atoms with E-state index in [1.165, 1.54) is 11.3 Å². The maximum Gasteiger partial charge on any atom is 0.231 e. The van der Waals surface area contributed by atoms with Gasteiger partial charge in [0.1, 0.15) is 10.9 Å². The van der Waals surface area contributed by atoms with E-state index in [9.17, 15) is 5.26 Å². The predicted molar refractivity (Wildman–Crippen MR) is 96.6 cm³/mol. The van der Waals surface area contributed by atoms with Crippen LogP contribution in [0.2, 0.25) is 0 Å². The Morgan fingerprint density at radius 1 is 1.16 bits per heavy atom. The Labute approximate surface area is 148 Å². The first-order chi connectivity index (χ1) is 12.3. The zero-order valence-electron chi connectivity index (χ0n) is 13.1. The molecule has 5 nitrogen and oxygen atoms in total. The zero-order valence-corrected chi connectivity index (χ0v) is 13.9. The lowest BCUT2D eigenvalue weighted by Gasteiger charge is -2.00. The van der Waals surface area contributed by atoms with E-state index in [2.05, 4.69) is 16.0 Å². The highest BCUT2D eigenvalue weighted by Crippen LogP contribution is 2.35. The van der Waals surface area contributed by atoms with E-state index in [1.807, 2.05) is 47.8 Å². The normalized spacial score (nSPS) is 13.7. The molecule has 1 atom stereocenters. The van der Waals surface area contributed by atoms with Crippen LogP contribution in [0.15, 0.2) is 58.9 Å². The quantitative estimate of drug-likeness (QED) is 0.649. The molecule has 1 aliphatic heterocycles. The molecule has 0 aliphatic carbocycles. The van der Waals surface area contributed by atoms with Crippen molar-refractivity contribution < 1.29 is 9.47 Å². The molecule has 0 spiro atoms. The lowest BCUT2D eigenvalue weighted by molar-refractivity contribution is 0.174. The molecule has 0 saturated carbocycles. The van der Waals surface area contributed by atoms with E-state index in [1.54, 1.807) is 12.3 Å². The minimum Gasteiger partial charge on any atom is -0.454 e. The van der Waals surface area contributed by atoms with E-state index in [0.29, 0.717) is 17.2 Å². The van der Waals surface area contributed by atoms with Crippen molar-refractivity contribution in [1.29, 1.82) is 5.26 Å². The van der Waals surface area contributed by atoms with Gasteiger partial charge in [0.2, 0.25) is 6.79 Å². The third-order valence-electron chi connectivity index (χ3n) is 3.73. The summed E-state index contributed by atoms with van der Waals surface area (Å²) >= 11 is 1.46. The lowest BCUT2D eigenvalue weighted by Crippen LogP contribution is -1.96. The Balaban J connectivity index is 1.55. The van der Waals surface area contributed by atoms with Gasteiger partial charge in [0.25, 0.3) is 0 Å². The molecule has 1 aliphatic rings. The lowest BCUT2D eigenvalue weighted by atomic mass is 10.1. The van der Waals surface area contributed by atoms with Crippen molar-refractivity contribution in [2.75, 3.05) is 6.79 Å². The number of thiazole rings is 1. The molecule has 1 unspecified atom stereocenters. The molecule has 0 radical (unpaired) electrons. The SMILES string of the molecule is N#CC(C=Nc1ccc2c(c1)OCO2)c1nc(-c2ccccc2)cs1. The van der Waals surface area contributed by atoms with E-state index in [0.717, 1.165) is 16.3 Å². The molecule has 122 valence electrons. The Morgan fingerprint density at radius 3 is 2.84 bits per heavy atom. The van der Waals surface area contributed by atoms with Crippen molar-refractivity contribution in [2.45, 2.75) is 5.92 Å². The average Bonchev–Trinajstić information content (AvgIpc) is 3.32. The van der Waals surface area contributed by atoms with Gasteiger partial charge in [-0.25, -0.2) is 4.98 Å². The van der Waals surface area contributed by atoms with Gasteiger partial charge in [0, 0.05) is 23.2 Å². The molecule has 0 N–H and O–H groups in total. The van der Waals surface area contributed by atoms with Gasteiger partial charge in [-0.3, -0.25) is 4.99 Å². The number of aromatic nitrogens is 1. The van der Waals surface area contributed by atoms with Crippen LogP contribution in [-0.4, -0.2) is 18.0 Å². The van der Waals surface area contributed by atoms with Crippen LogP contribution in [0.4, 0.5) is 5.69 Å². The Bertz CT molecular complexity index is 960. The summed E-state index contributed by atoms with van der Waals surface area (Å²) in [5.74, 6) is 0.889. The second kappa shape index (κ2) is 6.75. The fraction of sp³-hybridized carbons (Fsp3) is 0.105. The summed E-state index contributed by atoms with van der Waals surface area (Å²) < 4.78 is 10.6. The fourth-order valence-corrected chi connectivity index (χ4v) is 3.28. The topological polar surface area (TPSA) is 67.5 Å². The molecule has 6 heteroatoms. The number of hydrogen-bond acceptors (Lipinski definition) is 6. The van der Waals surface area contributed by atoms with E-state index in [4.69, 9.17) is 9.47 Å². The molecule has 1 aromatic heterocycles. The third-order valence-corrected chi connectivity index (χ3v) is 4.65. The molecule has 0 bridgehead atoms. The van der Waals surface area contributed by atoms with Gasteiger partial charge in [0.15, 0.2) is 11.5 Å². The number of aliphatic imine (C=N–C) groups is 1. The van der Waals surface area contributed by atoms with Crippen LogP contribution in [0.1, 0.15) is 10.9 Å². The molecular weight excluding hydrogens is 334 g/mol. The van der Waals surface area contributed by atoms with Gasteiger partial charge in [-0.05, 0) is 12.1 Å². The van der Waals surface area contributed by atoms with Crippen molar-refractivity contribution >= 4 is 23.2 Å². The van der Waals surface area contributed by atoms with Gasteiger partial charge < -0.3 is 9.47 Å².